The Morgan fingerprint density at radius 3 is 2.86 bits per heavy atom. The molecule has 7 heteroatoms. The SMILES string of the molecule is COc1ccc(NC(=O)C(C)Sc2nccn2C)c(N)c1. The summed E-state index contributed by atoms with van der Waals surface area (Å²) >= 11 is 1.39. The lowest BCUT2D eigenvalue weighted by Crippen LogP contribution is -2.23. The van der Waals surface area contributed by atoms with Crippen molar-refractivity contribution < 1.29 is 9.53 Å². The number of amides is 1. The normalized spacial score (nSPS) is 12.0. The Labute approximate surface area is 127 Å². The molecule has 0 aliphatic heterocycles. The number of ether oxygens (including phenoxy) is 1. The molecule has 0 fully saturated rings. The van der Waals surface area contributed by atoms with Gasteiger partial charge in [0.1, 0.15) is 5.75 Å². The molecule has 0 saturated carbocycles. The first-order chi connectivity index (χ1) is 10.0. The number of thioether (sulfide) groups is 1. The number of benzene rings is 1. The molecule has 1 atom stereocenters. The third-order valence-corrected chi connectivity index (χ3v) is 4.12. The second kappa shape index (κ2) is 6.53. The Kier molecular flexibility index (Phi) is 4.74. The minimum atomic E-state index is -0.285. The lowest BCUT2D eigenvalue weighted by molar-refractivity contribution is -0.115. The Morgan fingerprint density at radius 2 is 2.29 bits per heavy atom. The number of nitrogens with one attached hydrogen (secondary N) is 1. The highest BCUT2D eigenvalue weighted by molar-refractivity contribution is 8.00. The molecule has 1 amide bonds. The quantitative estimate of drug-likeness (QED) is 0.653. The molecular weight excluding hydrogens is 288 g/mol. The number of hydrogen-bond donors (Lipinski definition) is 2. The molecule has 1 aromatic carbocycles. The molecule has 2 aromatic rings. The van der Waals surface area contributed by atoms with Gasteiger partial charge in [-0.3, -0.25) is 4.79 Å². The second-order valence-electron chi connectivity index (χ2n) is 4.52. The van der Waals surface area contributed by atoms with Crippen molar-refractivity contribution in [1.82, 2.24) is 9.55 Å². The van der Waals surface area contributed by atoms with Gasteiger partial charge in [-0.25, -0.2) is 4.98 Å². The second-order valence-corrected chi connectivity index (χ2v) is 5.83. The topological polar surface area (TPSA) is 82.2 Å². The van der Waals surface area contributed by atoms with E-state index in [9.17, 15) is 4.79 Å². The van der Waals surface area contributed by atoms with Crippen LogP contribution in [0, 0.1) is 0 Å². The number of rotatable bonds is 5. The number of imidazole rings is 1. The van der Waals surface area contributed by atoms with E-state index < -0.39 is 0 Å². The van der Waals surface area contributed by atoms with Crippen molar-refractivity contribution in [3.8, 4) is 5.75 Å². The maximum absolute atomic E-state index is 12.2. The summed E-state index contributed by atoms with van der Waals surface area (Å²) in [7, 11) is 3.46. The van der Waals surface area contributed by atoms with Gasteiger partial charge in [0.2, 0.25) is 5.91 Å². The van der Waals surface area contributed by atoms with Crippen molar-refractivity contribution in [2.75, 3.05) is 18.2 Å². The van der Waals surface area contributed by atoms with E-state index in [1.54, 1.807) is 31.5 Å². The van der Waals surface area contributed by atoms with E-state index >= 15 is 0 Å². The van der Waals surface area contributed by atoms with Crippen LogP contribution in [0.2, 0.25) is 0 Å². The summed E-state index contributed by atoms with van der Waals surface area (Å²) in [6, 6.07) is 5.15. The third-order valence-electron chi connectivity index (χ3n) is 2.94. The Hall–Kier alpha value is -2.15. The fourth-order valence-corrected chi connectivity index (χ4v) is 2.52. The minimum absolute atomic E-state index is 0.125. The van der Waals surface area contributed by atoms with Crippen LogP contribution in [0.5, 0.6) is 5.75 Å². The van der Waals surface area contributed by atoms with E-state index in [4.69, 9.17) is 10.5 Å². The third kappa shape index (κ3) is 3.69. The van der Waals surface area contributed by atoms with Crippen LogP contribution in [-0.4, -0.2) is 27.8 Å². The van der Waals surface area contributed by atoms with Gasteiger partial charge in [0.25, 0.3) is 0 Å². The lowest BCUT2D eigenvalue weighted by Gasteiger charge is -2.13. The Balaban J connectivity index is 2.02. The maximum Gasteiger partial charge on any atom is 0.237 e. The Bertz CT molecular complexity index is 642. The van der Waals surface area contributed by atoms with E-state index in [1.165, 1.54) is 11.8 Å². The van der Waals surface area contributed by atoms with Crippen molar-refractivity contribution in [2.45, 2.75) is 17.3 Å². The number of nitrogens with zero attached hydrogens (tertiary/aromatic N) is 2. The van der Waals surface area contributed by atoms with E-state index in [2.05, 4.69) is 10.3 Å². The number of anilines is 2. The van der Waals surface area contributed by atoms with Crippen molar-refractivity contribution in [3.63, 3.8) is 0 Å². The predicted molar refractivity (Wildman–Crippen MR) is 84.6 cm³/mol. The van der Waals surface area contributed by atoms with Crippen LogP contribution in [0.3, 0.4) is 0 Å². The molecule has 0 bridgehead atoms. The maximum atomic E-state index is 12.2. The monoisotopic (exact) mass is 306 g/mol. The fraction of sp³-hybridized carbons (Fsp3) is 0.286. The molecule has 21 heavy (non-hydrogen) atoms. The van der Waals surface area contributed by atoms with Gasteiger partial charge in [-0.2, -0.15) is 0 Å². The zero-order valence-electron chi connectivity index (χ0n) is 12.2. The van der Waals surface area contributed by atoms with Crippen LogP contribution in [0.1, 0.15) is 6.92 Å². The molecule has 1 heterocycles. The highest BCUT2D eigenvalue weighted by Crippen LogP contribution is 2.26. The van der Waals surface area contributed by atoms with Gasteiger partial charge in [0, 0.05) is 25.5 Å². The first kappa shape index (κ1) is 15.2. The van der Waals surface area contributed by atoms with Crippen molar-refractivity contribution in [3.05, 3.63) is 30.6 Å². The summed E-state index contributed by atoms with van der Waals surface area (Å²) in [5.41, 5.74) is 6.93. The number of carbonyl (C=O) groups excluding carboxylic acids is 1. The molecule has 0 spiro atoms. The van der Waals surface area contributed by atoms with Gasteiger partial charge in [-0.05, 0) is 19.1 Å². The molecule has 0 radical (unpaired) electrons. The Morgan fingerprint density at radius 1 is 1.52 bits per heavy atom. The number of carbonyl (C=O) groups is 1. The van der Waals surface area contributed by atoms with Crippen LogP contribution in [0.15, 0.2) is 35.7 Å². The number of nitrogens with two attached hydrogens (primary N) is 1. The van der Waals surface area contributed by atoms with Crippen LogP contribution in [0.25, 0.3) is 0 Å². The number of aromatic nitrogens is 2. The summed E-state index contributed by atoms with van der Waals surface area (Å²) in [5.74, 6) is 0.529. The van der Waals surface area contributed by atoms with E-state index in [0.29, 0.717) is 17.1 Å². The zero-order chi connectivity index (χ0) is 15.4. The smallest absolute Gasteiger partial charge is 0.237 e. The number of nitrogen functional groups attached to an aromatic ring is 1. The highest BCUT2D eigenvalue weighted by Gasteiger charge is 2.17. The average molecular weight is 306 g/mol. The van der Waals surface area contributed by atoms with Gasteiger partial charge in [0.05, 0.1) is 23.7 Å². The molecule has 0 saturated heterocycles. The zero-order valence-corrected chi connectivity index (χ0v) is 13.0. The minimum Gasteiger partial charge on any atom is -0.497 e. The standard InChI is InChI=1S/C14H18N4O2S/c1-9(21-14-16-6-7-18(14)2)13(19)17-12-5-4-10(20-3)8-11(12)15/h4-9H,15H2,1-3H3,(H,17,19). The molecule has 0 aliphatic rings. The van der Waals surface area contributed by atoms with Crippen LogP contribution in [0.4, 0.5) is 11.4 Å². The van der Waals surface area contributed by atoms with Crippen LogP contribution >= 0.6 is 11.8 Å². The predicted octanol–water partition coefficient (Wildman–Crippen LogP) is 2.13. The number of methoxy groups -OCH3 is 1. The lowest BCUT2D eigenvalue weighted by atomic mass is 10.2. The van der Waals surface area contributed by atoms with Gasteiger partial charge in [-0.1, -0.05) is 11.8 Å². The van der Waals surface area contributed by atoms with Gasteiger partial charge in [-0.15, -0.1) is 0 Å². The van der Waals surface area contributed by atoms with Crippen molar-refractivity contribution >= 4 is 29.0 Å². The first-order valence-electron chi connectivity index (χ1n) is 6.39. The van der Waals surface area contributed by atoms with E-state index in [0.717, 1.165) is 5.16 Å². The largest absolute Gasteiger partial charge is 0.497 e. The van der Waals surface area contributed by atoms with Crippen molar-refractivity contribution in [1.29, 1.82) is 0 Å². The molecular formula is C14H18N4O2S. The number of aryl methyl sites for hydroxylation is 1. The summed E-state index contributed by atoms with van der Waals surface area (Å²) in [5, 5.41) is 3.32. The van der Waals surface area contributed by atoms with Gasteiger partial charge in [0.15, 0.2) is 5.16 Å². The van der Waals surface area contributed by atoms with E-state index in [-0.39, 0.29) is 11.2 Å². The fourth-order valence-electron chi connectivity index (χ4n) is 1.69. The molecule has 1 aromatic heterocycles. The number of hydrogen-bond acceptors (Lipinski definition) is 5. The first-order valence-corrected chi connectivity index (χ1v) is 7.27. The van der Waals surface area contributed by atoms with E-state index in [1.807, 2.05) is 24.7 Å². The molecule has 112 valence electrons. The molecule has 3 N–H and O–H groups in total. The molecule has 2 rings (SSSR count). The van der Waals surface area contributed by atoms with Crippen molar-refractivity contribution in [2.24, 2.45) is 7.05 Å². The molecule has 0 aliphatic carbocycles. The molecule has 6 nitrogen and oxygen atoms in total. The van der Waals surface area contributed by atoms with Crippen LogP contribution < -0.4 is 15.8 Å². The summed E-state index contributed by atoms with van der Waals surface area (Å²) in [6.45, 7) is 1.83. The highest BCUT2D eigenvalue weighted by atomic mass is 32.2. The van der Waals surface area contributed by atoms with Crippen LogP contribution in [-0.2, 0) is 11.8 Å². The van der Waals surface area contributed by atoms with Gasteiger partial charge >= 0.3 is 0 Å². The summed E-state index contributed by atoms with van der Waals surface area (Å²) in [6.07, 6.45) is 3.54. The average Bonchev–Trinajstić information content (AvgIpc) is 2.86. The summed E-state index contributed by atoms with van der Waals surface area (Å²) < 4.78 is 6.95. The summed E-state index contributed by atoms with van der Waals surface area (Å²) in [4.78, 5) is 16.4. The van der Waals surface area contributed by atoms with Gasteiger partial charge < -0.3 is 20.4 Å². The molecule has 1 unspecified atom stereocenters.